The standard InChI is InChI=1S/C19H19N/c1-5-19(20-4)15(3)16-9-7-11-18(13-16)17-10-6-8-14(2)12-17/h1,6-13,20H,2-4H3/b19-15+. The van der Waals surface area contributed by atoms with Gasteiger partial charge in [-0.25, -0.2) is 0 Å². The summed E-state index contributed by atoms with van der Waals surface area (Å²) in [7, 11) is 1.85. The third-order valence-electron chi connectivity index (χ3n) is 3.42. The molecular weight excluding hydrogens is 242 g/mol. The van der Waals surface area contributed by atoms with E-state index in [1.165, 1.54) is 16.7 Å². The lowest BCUT2D eigenvalue weighted by molar-refractivity contribution is 1.05. The minimum atomic E-state index is 0.825. The highest BCUT2D eigenvalue weighted by atomic mass is 14.8. The minimum absolute atomic E-state index is 0.825. The predicted molar refractivity (Wildman–Crippen MR) is 87.1 cm³/mol. The highest BCUT2D eigenvalue weighted by molar-refractivity contribution is 5.75. The Morgan fingerprint density at radius 1 is 1.05 bits per heavy atom. The summed E-state index contributed by atoms with van der Waals surface area (Å²) in [5, 5.41) is 3.06. The Bertz CT molecular complexity index is 687. The summed E-state index contributed by atoms with van der Waals surface area (Å²) in [4.78, 5) is 0. The summed E-state index contributed by atoms with van der Waals surface area (Å²) in [5.74, 6) is 2.69. The number of nitrogens with one attached hydrogen (secondary N) is 1. The summed E-state index contributed by atoms with van der Waals surface area (Å²) in [6.07, 6.45) is 5.52. The van der Waals surface area contributed by atoms with Crippen LogP contribution in [-0.2, 0) is 0 Å². The van der Waals surface area contributed by atoms with Crippen LogP contribution in [0, 0.1) is 19.3 Å². The fourth-order valence-electron chi connectivity index (χ4n) is 2.27. The van der Waals surface area contributed by atoms with Crippen molar-refractivity contribution in [2.75, 3.05) is 7.05 Å². The van der Waals surface area contributed by atoms with Crippen LogP contribution >= 0.6 is 0 Å². The van der Waals surface area contributed by atoms with Crippen molar-refractivity contribution < 1.29 is 0 Å². The van der Waals surface area contributed by atoms with Crippen LogP contribution in [-0.4, -0.2) is 7.05 Å². The van der Waals surface area contributed by atoms with Gasteiger partial charge < -0.3 is 5.32 Å². The molecule has 0 saturated carbocycles. The van der Waals surface area contributed by atoms with Gasteiger partial charge in [0.15, 0.2) is 0 Å². The maximum atomic E-state index is 5.52. The van der Waals surface area contributed by atoms with Crippen molar-refractivity contribution in [1.82, 2.24) is 5.32 Å². The first-order valence-corrected chi connectivity index (χ1v) is 6.68. The Hall–Kier alpha value is -2.46. The Labute approximate surface area is 121 Å². The first kappa shape index (κ1) is 14.0. The summed E-state index contributed by atoms with van der Waals surface area (Å²) >= 11 is 0. The van der Waals surface area contributed by atoms with Gasteiger partial charge in [-0.1, -0.05) is 53.9 Å². The molecule has 0 aliphatic carbocycles. The molecule has 0 bridgehead atoms. The number of rotatable bonds is 3. The fraction of sp³-hybridized carbons (Fsp3) is 0.158. The highest BCUT2D eigenvalue weighted by Crippen LogP contribution is 2.25. The molecule has 0 spiro atoms. The van der Waals surface area contributed by atoms with Gasteiger partial charge >= 0.3 is 0 Å². The van der Waals surface area contributed by atoms with Crippen molar-refractivity contribution in [3.8, 4) is 23.5 Å². The van der Waals surface area contributed by atoms with E-state index in [4.69, 9.17) is 6.42 Å². The van der Waals surface area contributed by atoms with E-state index in [9.17, 15) is 0 Å². The normalized spacial score (nSPS) is 11.5. The van der Waals surface area contributed by atoms with E-state index in [0.29, 0.717) is 0 Å². The maximum absolute atomic E-state index is 5.52. The molecule has 0 aromatic heterocycles. The van der Waals surface area contributed by atoms with E-state index < -0.39 is 0 Å². The Morgan fingerprint density at radius 3 is 2.30 bits per heavy atom. The van der Waals surface area contributed by atoms with Crippen LogP contribution in [0.5, 0.6) is 0 Å². The first-order valence-electron chi connectivity index (χ1n) is 6.68. The molecule has 0 aliphatic heterocycles. The Kier molecular flexibility index (Phi) is 4.27. The van der Waals surface area contributed by atoms with E-state index in [-0.39, 0.29) is 0 Å². The fourth-order valence-corrected chi connectivity index (χ4v) is 2.27. The van der Waals surface area contributed by atoms with Crippen molar-refractivity contribution in [3.63, 3.8) is 0 Å². The molecule has 20 heavy (non-hydrogen) atoms. The van der Waals surface area contributed by atoms with Crippen LogP contribution in [0.3, 0.4) is 0 Å². The number of hydrogen-bond donors (Lipinski definition) is 1. The van der Waals surface area contributed by atoms with Crippen LogP contribution in [0.4, 0.5) is 0 Å². The number of allylic oxidation sites excluding steroid dienone is 2. The SMILES string of the molecule is C#C/C(NC)=C(/C)c1cccc(-c2cccc(C)c2)c1. The van der Waals surface area contributed by atoms with Gasteiger partial charge in [0.25, 0.3) is 0 Å². The van der Waals surface area contributed by atoms with Crippen LogP contribution < -0.4 is 5.32 Å². The third-order valence-corrected chi connectivity index (χ3v) is 3.42. The van der Waals surface area contributed by atoms with E-state index >= 15 is 0 Å². The van der Waals surface area contributed by atoms with Gasteiger partial charge in [-0.05, 0) is 42.2 Å². The average Bonchev–Trinajstić information content (AvgIpc) is 2.48. The van der Waals surface area contributed by atoms with Gasteiger partial charge in [-0.15, -0.1) is 6.42 Å². The lowest BCUT2D eigenvalue weighted by atomic mass is 9.98. The molecule has 0 atom stereocenters. The summed E-state index contributed by atoms with van der Waals surface area (Å²) in [6, 6.07) is 17.0. The van der Waals surface area contributed by atoms with E-state index in [2.05, 4.69) is 66.7 Å². The monoisotopic (exact) mass is 261 g/mol. The highest BCUT2D eigenvalue weighted by Gasteiger charge is 2.04. The lowest BCUT2D eigenvalue weighted by Crippen LogP contribution is -2.05. The van der Waals surface area contributed by atoms with Crippen LogP contribution in [0.25, 0.3) is 16.7 Å². The van der Waals surface area contributed by atoms with Crippen LogP contribution in [0.1, 0.15) is 18.1 Å². The smallest absolute Gasteiger partial charge is 0.0883 e. The van der Waals surface area contributed by atoms with Gasteiger partial charge in [0.05, 0.1) is 5.70 Å². The van der Waals surface area contributed by atoms with Crippen molar-refractivity contribution >= 4 is 5.57 Å². The van der Waals surface area contributed by atoms with E-state index in [0.717, 1.165) is 16.8 Å². The van der Waals surface area contributed by atoms with Gasteiger partial charge in [0.1, 0.15) is 0 Å². The molecule has 0 saturated heterocycles. The minimum Gasteiger partial charge on any atom is -0.381 e. The molecule has 0 heterocycles. The number of aryl methyl sites for hydroxylation is 1. The second-order valence-electron chi connectivity index (χ2n) is 4.84. The number of terminal acetylenes is 1. The lowest BCUT2D eigenvalue weighted by Gasteiger charge is -2.09. The molecule has 0 amide bonds. The molecule has 0 radical (unpaired) electrons. The summed E-state index contributed by atoms with van der Waals surface area (Å²) in [5.41, 5.74) is 6.76. The third kappa shape index (κ3) is 2.92. The predicted octanol–water partition coefficient (Wildman–Crippen LogP) is 4.25. The second-order valence-corrected chi connectivity index (χ2v) is 4.84. The van der Waals surface area contributed by atoms with Gasteiger partial charge in [-0.2, -0.15) is 0 Å². The van der Waals surface area contributed by atoms with Gasteiger partial charge in [0.2, 0.25) is 0 Å². The molecule has 0 unspecified atom stereocenters. The zero-order valence-electron chi connectivity index (χ0n) is 12.2. The number of hydrogen-bond acceptors (Lipinski definition) is 1. The maximum Gasteiger partial charge on any atom is 0.0883 e. The summed E-state index contributed by atoms with van der Waals surface area (Å²) in [6.45, 7) is 4.15. The topological polar surface area (TPSA) is 12.0 Å². The van der Waals surface area contributed by atoms with Crippen molar-refractivity contribution in [2.24, 2.45) is 0 Å². The molecule has 1 heteroatoms. The molecule has 0 aliphatic rings. The van der Waals surface area contributed by atoms with E-state index in [1.807, 2.05) is 14.0 Å². The zero-order valence-corrected chi connectivity index (χ0v) is 12.2. The zero-order chi connectivity index (χ0) is 14.5. The molecule has 2 rings (SSSR count). The average molecular weight is 261 g/mol. The molecule has 0 fully saturated rings. The van der Waals surface area contributed by atoms with E-state index in [1.54, 1.807) is 0 Å². The Morgan fingerprint density at radius 2 is 1.70 bits per heavy atom. The Balaban J connectivity index is 2.49. The van der Waals surface area contributed by atoms with Crippen molar-refractivity contribution in [3.05, 3.63) is 65.4 Å². The number of benzene rings is 2. The van der Waals surface area contributed by atoms with Crippen LogP contribution in [0.2, 0.25) is 0 Å². The quantitative estimate of drug-likeness (QED) is 0.815. The molecule has 2 aromatic rings. The molecule has 2 aromatic carbocycles. The molecule has 1 nitrogen and oxygen atoms in total. The van der Waals surface area contributed by atoms with Crippen LogP contribution in [0.15, 0.2) is 54.2 Å². The molecule has 1 N–H and O–H groups in total. The first-order chi connectivity index (χ1) is 9.65. The summed E-state index contributed by atoms with van der Waals surface area (Å²) < 4.78 is 0. The van der Waals surface area contributed by atoms with Gasteiger partial charge in [0, 0.05) is 7.05 Å². The molecule has 100 valence electrons. The van der Waals surface area contributed by atoms with Crippen molar-refractivity contribution in [2.45, 2.75) is 13.8 Å². The largest absolute Gasteiger partial charge is 0.381 e. The van der Waals surface area contributed by atoms with Crippen molar-refractivity contribution in [1.29, 1.82) is 0 Å². The molecular formula is C19H19N. The second kappa shape index (κ2) is 6.12. The van der Waals surface area contributed by atoms with Gasteiger partial charge in [-0.3, -0.25) is 0 Å².